The fraction of sp³-hybridized carbons (Fsp3) is 0.286. The molecule has 2 aromatic rings. The summed E-state index contributed by atoms with van der Waals surface area (Å²) in [4.78, 5) is 18.7. The first kappa shape index (κ1) is 12.4. The molecule has 0 amide bonds. The smallest absolute Gasteiger partial charge is 0.374 e. The fourth-order valence-electron chi connectivity index (χ4n) is 1.52. The number of aromatic nitrogens is 2. The zero-order valence-electron chi connectivity index (χ0n) is 10.5. The van der Waals surface area contributed by atoms with E-state index in [2.05, 4.69) is 9.97 Å². The summed E-state index contributed by atoms with van der Waals surface area (Å²) in [5.74, 6) is 0.147. The molecule has 0 aliphatic heterocycles. The van der Waals surface area contributed by atoms with Crippen molar-refractivity contribution >= 4 is 5.97 Å². The van der Waals surface area contributed by atoms with Crippen LogP contribution in [0.3, 0.4) is 0 Å². The Hall–Kier alpha value is -2.10. The Morgan fingerprint density at radius 2 is 2.06 bits per heavy atom. The summed E-state index contributed by atoms with van der Waals surface area (Å²) in [6.45, 7) is 4.33. The van der Waals surface area contributed by atoms with Crippen LogP contribution in [0.2, 0.25) is 0 Å². The van der Waals surface area contributed by atoms with Crippen molar-refractivity contribution in [3.8, 4) is 0 Å². The Morgan fingerprint density at radius 1 is 1.33 bits per heavy atom. The molecular formula is C14H16N2O2. The van der Waals surface area contributed by atoms with Gasteiger partial charge in [0.1, 0.15) is 6.61 Å². The van der Waals surface area contributed by atoms with Gasteiger partial charge in [-0.1, -0.05) is 44.2 Å². The van der Waals surface area contributed by atoms with Crippen LogP contribution in [0.5, 0.6) is 0 Å². The van der Waals surface area contributed by atoms with Gasteiger partial charge in [0, 0.05) is 11.9 Å². The van der Waals surface area contributed by atoms with Gasteiger partial charge in [-0.2, -0.15) is 0 Å². The molecule has 1 aromatic heterocycles. The van der Waals surface area contributed by atoms with E-state index in [1.807, 2.05) is 44.2 Å². The summed E-state index contributed by atoms with van der Waals surface area (Å²) in [5.41, 5.74) is 1.89. The first-order valence-electron chi connectivity index (χ1n) is 5.93. The van der Waals surface area contributed by atoms with Gasteiger partial charge in [-0.25, -0.2) is 9.78 Å². The summed E-state index contributed by atoms with van der Waals surface area (Å²) in [7, 11) is 0. The van der Waals surface area contributed by atoms with E-state index in [4.69, 9.17) is 4.74 Å². The van der Waals surface area contributed by atoms with Crippen LogP contribution in [0, 0.1) is 0 Å². The molecule has 2 rings (SSSR count). The number of nitrogens with zero attached hydrogens (tertiary/aromatic N) is 1. The Balaban J connectivity index is 1.95. The van der Waals surface area contributed by atoms with Gasteiger partial charge in [0.05, 0.1) is 0 Å². The van der Waals surface area contributed by atoms with Crippen LogP contribution in [0.25, 0.3) is 0 Å². The summed E-state index contributed by atoms with van der Waals surface area (Å²) in [6.07, 6.45) is 1.67. The van der Waals surface area contributed by atoms with Crippen LogP contribution >= 0.6 is 0 Å². The molecule has 0 bridgehead atoms. The normalized spacial score (nSPS) is 10.6. The second-order valence-corrected chi connectivity index (χ2v) is 4.40. The van der Waals surface area contributed by atoms with Crippen molar-refractivity contribution in [3.05, 3.63) is 53.6 Å². The third-order valence-corrected chi connectivity index (χ3v) is 2.62. The number of carbonyl (C=O) groups excluding carboxylic acids is 1. The molecule has 1 aromatic carbocycles. The molecule has 0 unspecified atom stereocenters. The largest absolute Gasteiger partial charge is 0.455 e. The van der Waals surface area contributed by atoms with Gasteiger partial charge in [-0.15, -0.1) is 0 Å². The SMILES string of the molecule is CC(C)c1cnc(C(=O)OCc2ccccc2)[nH]1. The molecule has 4 heteroatoms. The minimum Gasteiger partial charge on any atom is -0.455 e. The summed E-state index contributed by atoms with van der Waals surface area (Å²) in [5, 5.41) is 0. The highest BCUT2D eigenvalue weighted by Crippen LogP contribution is 2.11. The van der Waals surface area contributed by atoms with Gasteiger partial charge in [0.15, 0.2) is 0 Å². The van der Waals surface area contributed by atoms with Crippen molar-refractivity contribution < 1.29 is 9.53 Å². The maximum absolute atomic E-state index is 11.7. The number of H-pyrrole nitrogens is 1. The zero-order chi connectivity index (χ0) is 13.0. The van der Waals surface area contributed by atoms with Gasteiger partial charge >= 0.3 is 5.97 Å². The summed E-state index contributed by atoms with van der Waals surface area (Å²) in [6, 6.07) is 9.57. The molecule has 0 fully saturated rings. The van der Waals surface area contributed by atoms with Crippen molar-refractivity contribution in [2.75, 3.05) is 0 Å². The molecule has 18 heavy (non-hydrogen) atoms. The molecule has 0 saturated carbocycles. The third-order valence-electron chi connectivity index (χ3n) is 2.62. The number of aromatic amines is 1. The topological polar surface area (TPSA) is 55.0 Å². The lowest BCUT2D eigenvalue weighted by atomic mass is 10.2. The fourth-order valence-corrected chi connectivity index (χ4v) is 1.52. The van der Waals surface area contributed by atoms with Crippen LogP contribution in [0.15, 0.2) is 36.5 Å². The highest BCUT2D eigenvalue weighted by Gasteiger charge is 2.13. The maximum Gasteiger partial charge on any atom is 0.374 e. The number of ether oxygens (including phenoxy) is 1. The molecule has 1 heterocycles. The molecule has 0 atom stereocenters. The molecule has 0 saturated heterocycles. The van der Waals surface area contributed by atoms with Crippen LogP contribution < -0.4 is 0 Å². The molecule has 0 aliphatic rings. The van der Waals surface area contributed by atoms with Gasteiger partial charge in [-0.3, -0.25) is 0 Å². The predicted octanol–water partition coefficient (Wildman–Crippen LogP) is 2.89. The molecule has 0 radical (unpaired) electrons. The number of rotatable bonds is 4. The minimum absolute atomic E-state index is 0.259. The molecule has 0 spiro atoms. The lowest BCUT2D eigenvalue weighted by molar-refractivity contribution is 0.0459. The van der Waals surface area contributed by atoms with Crippen LogP contribution in [0.1, 0.15) is 41.6 Å². The van der Waals surface area contributed by atoms with Gasteiger partial charge < -0.3 is 9.72 Å². The first-order valence-corrected chi connectivity index (χ1v) is 5.93. The van der Waals surface area contributed by atoms with Crippen molar-refractivity contribution in [2.45, 2.75) is 26.4 Å². The maximum atomic E-state index is 11.7. The lowest BCUT2D eigenvalue weighted by Gasteiger charge is -2.03. The molecule has 4 nitrogen and oxygen atoms in total. The van der Waals surface area contributed by atoms with E-state index in [9.17, 15) is 4.79 Å². The van der Waals surface area contributed by atoms with Crippen molar-refractivity contribution in [1.82, 2.24) is 9.97 Å². The van der Waals surface area contributed by atoms with Crippen molar-refractivity contribution in [1.29, 1.82) is 0 Å². The Morgan fingerprint density at radius 3 is 2.67 bits per heavy atom. The Kier molecular flexibility index (Phi) is 3.77. The number of hydrogen-bond donors (Lipinski definition) is 1. The van der Waals surface area contributed by atoms with E-state index in [1.54, 1.807) is 6.20 Å². The number of nitrogens with one attached hydrogen (secondary N) is 1. The number of esters is 1. The number of carbonyl (C=O) groups is 1. The molecule has 0 aliphatic carbocycles. The van der Waals surface area contributed by atoms with Crippen LogP contribution in [-0.4, -0.2) is 15.9 Å². The van der Waals surface area contributed by atoms with E-state index in [0.29, 0.717) is 5.92 Å². The molecular weight excluding hydrogens is 228 g/mol. The first-order chi connectivity index (χ1) is 8.66. The zero-order valence-corrected chi connectivity index (χ0v) is 10.5. The monoisotopic (exact) mass is 244 g/mol. The van der Waals surface area contributed by atoms with Crippen LogP contribution in [-0.2, 0) is 11.3 Å². The summed E-state index contributed by atoms with van der Waals surface area (Å²) >= 11 is 0. The summed E-state index contributed by atoms with van der Waals surface area (Å²) < 4.78 is 5.17. The number of hydrogen-bond acceptors (Lipinski definition) is 3. The minimum atomic E-state index is -0.425. The Labute approximate surface area is 106 Å². The average Bonchev–Trinajstić information content (AvgIpc) is 2.87. The standard InChI is InChI=1S/C14H16N2O2/c1-10(2)12-8-15-13(16-12)14(17)18-9-11-6-4-3-5-7-11/h3-8,10H,9H2,1-2H3,(H,15,16). The van der Waals surface area contributed by atoms with E-state index in [1.165, 1.54) is 0 Å². The molecule has 1 N–H and O–H groups in total. The van der Waals surface area contributed by atoms with E-state index >= 15 is 0 Å². The van der Waals surface area contributed by atoms with E-state index in [-0.39, 0.29) is 12.4 Å². The third kappa shape index (κ3) is 2.97. The number of imidazole rings is 1. The second kappa shape index (κ2) is 5.49. The van der Waals surface area contributed by atoms with E-state index < -0.39 is 5.97 Å². The quantitative estimate of drug-likeness (QED) is 0.841. The van der Waals surface area contributed by atoms with Crippen LogP contribution in [0.4, 0.5) is 0 Å². The second-order valence-electron chi connectivity index (χ2n) is 4.40. The van der Waals surface area contributed by atoms with E-state index in [0.717, 1.165) is 11.3 Å². The van der Waals surface area contributed by atoms with Gasteiger partial charge in [0.25, 0.3) is 0 Å². The van der Waals surface area contributed by atoms with Crippen molar-refractivity contribution in [3.63, 3.8) is 0 Å². The predicted molar refractivity (Wildman–Crippen MR) is 68.2 cm³/mol. The highest BCUT2D eigenvalue weighted by molar-refractivity contribution is 5.85. The molecule has 94 valence electrons. The Bertz CT molecular complexity index is 518. The van der Waals surface area contributed by atoms with Crippen molar-refractivity contribution in [2.24, 2.45) is 0 Å². The van der Waals surface area contributed by atoms with Gasteiger partial charge in [0.2, 0.25) is 5.82 Å². The number of benzene rings is 1. The lowest BCUT2D eigenvalue weighted by Crippen LogP contribution is -2.07. The highest BCUT2D eigenvalue weighted by atomic mass is 16.5. The average molecular weight is 244 g/mol. The van der Waals surface area contributed by atoms with Gasteiger partial charge in [-0.05, 0) is 11.5 Å².